The van der Waals surface area contributed by atoms with Gasteiger partial charge in [-0.2, -0.15) is 13.2 Å². The minimum absolute atomic E-state index is 0.0576. The molecule has 0 amide bonds. The van der Waals surface area contributed by atoms with Crippen LogP contribution in [0.3, 0.4) is 0 Å². The van der Waals surface area contributed by atoms with Crippen LogP contribution in [-0.2, 0) is 6.18 Å². The van der Waals surface area contributed by atoms with Gasteiger partial charge in [-0.15, -0.1) is 0 Å². The van der Waals surface area contributed by atoms with Crippen molar-refractivity contribution in [2.45, 2.75) is 25.9 Å². The molecule has 114 valence electrons. The Morgan fingerprint density at radius 3 is 2.62 bits per heavy atom. The van der Waals surface area contributed by atoms with E-state index in [1.165, 1.54) is 6.07 Å². The standard InChI is InChI=1S/C14H12ClF4NO/c1-2-3-6-21-10-7-11(14(17,18)19)20-13-8(15)4-5-9(16)12(10)13/h4-5,7H,2-3,6H2,1H3. The van der Waals surface area contributed by atoms with Crippen LogP contribution in [0.2, 0.25) is 5.02 Å². The number of unbranched alkanes of at least 4 members (excludes halogenated alkanes) is 1. The number of ether oxygens (including phenoxy) is 1. The van der Waals surface area contributed by atoms with Gasteiger partial charge in [0, 0.05) is 6.07 Å². The zero-order valence-electron chi connectivity index (χ0n) is 11.1. The van der Waals surface area contributed by atoms with Crippen LogP contribution in [0.25, 0.3) is 10.9 Å². The lowest BCUT2D eigenvalue weighted by molar-refractivity contribution is -0.141. The number of halogens is 5. The summed E-state index contributed by atoms with van der Waals surface area (Å²) in [5.41, 5.74) is -1.41. The summed E-state index contributed by atoms with van der Waals surface area (Å²) in [4.78, 5) is 3.42. The molecule has 0 bridgehead atoms. The molecule has 0 saturated heterocycles. The lowest BCUT2D eigenvalue weighted by Crippen LogP contribution is -2.10. The Morgan fingerprint density at radius 2 is 2.00 bits per heavy atom. The summed E-state index contributed by atoms with van der Waals surface area (Å²) in [6.45, 7) is 2.10. The van der Waals surface area contributed by atoms with Gasteiger partial charge < -0.3 is 4.74 Å². The molecular formula is C14H12ClF4NO. The predicted molar refractivity (Wildman–Crippen MR) is 72.1 cm³/mol. The monoisotopic (exact) mass is 321 g/mol. The molecule has 21 heavy (non-hydrogen) atoms. The number of rotatable bonds is 4. The Balaban J connectivity index is 2.64. The summed E-state index contributed by atoms with van der Waals surface area (Å²) in [7, 11) is 0. The number of benzene rings is 1. The van der Waals surface area contributed by atoms with Crippen molar-refractivity contribution in [3.63, 3.8) is 0 Å². The summed E-state index contributed by atoms with van der Waals surface area (Å²) in [6, 6.07) is 2.95. The first-order chi connectivity index (χ1) is 9.84. The maximum absolute atomic E-state index is 13.9. The van der Waals surface area contributed by atoms with Gasteiger partial charge in [0.05, 0.1) is 22.5 Å². The van der Waals surface area contributed by atoms with Crippen molar-refractivity contribution in [1.29, 1.82) is 0 Å². The third-order valence-electron chi connectivity index (χ3n) is 2.87. The van der Waals surface area contributed by atoms with E-state index >= 15 is 0 Å². The van der Waals surface area contributed by atoms with Crippen molar-refractivity contribution in [2.75, 3.05) is 6.61 Å². The van der Waals surface area contributed by atoms with Crippen molar-refractivity contribution >= 4 is 22.5 Å². The SMILES string of the molecule is CCCCOc1cc(C(F)(F)F)nc2c(Cl)ccc(F)c12. The highest BCUT2D eigenvalue weighted by Crippen LogP contribution is 2.37. The zero-order valence-corrected chi connectivity index (χ0v) is 11.9. The maximum Gasteiger partial charge on any atom is 0.433 e. The average molecular weight is 322 g/mol. The molecule has 0 unspecified atom stereocenters. The summed E-state index contributed by atoms with van der Waals surface area (Å²) < 4.78 is 57.8. The number of fused-ring (bicyclic) bond motifs is 1. The molecule has 0 saturated carbocycles. The van der Waals surface area contributed by atoms with Gasteiger partial charge in [0.2, 0.25) is 0 Å². The summed E-state index contributed by atoms with van der Waals surface area (Å²) >= 11 is 5.83. The quantitative estimate of drug-likeness (QED) is 0.568. The van der Waals surface area contributed by atoms with Crippen molar-refractivity contribution in [1.82, 2.24) is 4.98 Å². The Labute approximate surface area is 123 Å². The number of hydrogen-bond acceptors (Lipinski definition) is 2. The molecule has 0 N–H and O–H groups in total. The fraction of sp³-hybridized carbons (Fsp3) is 0.357. The third-order valence-corrected chi connectivity index (χ3v) is 3.18. The van der Waals surface area contributed by atoms with E-state index in [-0.39, 0.29) is 28.3 Å². The molecule has 1 aromatic heterocycles. The molecule has 0 atom stereocenters. The molecular weight excluding hydrogens is 310 g/mol. The highest BCUT2D eigenvalue weighted by molar-refractivity contribution is 6.35. The number of hydrogen-bond donors (Lipinski definition) is 0. The molecule has 2 nitrogen and oxygen atoms in total. The fourth-order valence-electron chi connectivity index (χ4n) is 1.82. The van der Waals surface area contributed by atoms with Crippen LogP contribution in [0.1, 0.15) is 25.5 Å². The zero-order chi connectivity index (χ0) is 15.6. The van der Waals surface area contributed by atoms with Crippen LogP contribution in [0, 0.1) is 5.82 Å². The van der Waals surface area contributed by atoms with Gasteiger partial charge in [-0.3, -0.25) is 0 Å². The van der Waals surface area contributed by atoms with E-state index in [1.54, 1.807) is 0 Å². The first-order valence-corrected chi connectivity index (χ1v) is 6.71. The molecule has 2 rings (SSSR count). The van der Waals surface area contributed by atoms with E-state index < -0.39 is 17.7 Å². The van der Waals surface area contributed by atoms with Crippen LogP contribution >= 0.6 is 11.6 Å². The molecule has 0 aliphatic heterocycles. The average Bonchev–Trinajstić information content (AvgIpc) is 2.42. The second kappa shape index (κ2) is 6.05. The molecule has 0 aliphatic rings. The minimum Gasteiger partial charge on any atom is -0.493 e. The number of aromatic nitrogens is 1. The van der Waals surface area contributed by atoms with Gasteiger partial charge in [-0.1, -0.05) is 24.9 Å². The lowest BCUT2D eigenvalue weighted by atomic mass is 10.1. The highest BCUT2D eigenvalue weighted by atomic mass is 35.5. The Bertz CT molecular complexity index is 657. The maximum atomic E-state index is 13.9. The van der Waals surface area contributed by atoms with E-state index in [0.717, 1.165) is 12.5 Å². The van der Waals surface area contributed by atoms with Crippen molar-refractivity contribution in [3.8, 4) is 5.75 Å². The minimum atomic E-state index is -4.66. The van der Waals surface area contributed by atoms with Crippen LogP contribution in [0.5, 0.6) is 5.75 Å². The molecule has 1 heterocycles. The van der Waals surface area contributed by atoms with Crippen molar-refractivity contribution in [3.05, 3.63) is 34.7 Å². The molecule has 7 heteroatoms. The number of nitrogens with zero attached hydrogens (tertiary/aromatic N) is 1. The molecule has 2 aromatic rings. The van der Waals surface area contributed by atoms with Crippen molar-refractivity contribution in [2.24, 2.45) is 0 Å². The van der Waals surface area contributed by atoms with Gasteiger partial charge in [-0.05, 0) is 18.6 Å². The van der Waals surface area contributed by atoms with Crippen LogP contribution < -0.4 is 4.74 Å². The third kappa shape index (κ3) is 3.37. The molecule has 0 aliphatic carbocycles. The van der Waals surface area contributed by atoms with Crippen LogP contribution in [0.15, 0.2) is 18.2 Å². The number of pyridine rings is 1. The van der Waals surface area contributed by atoms with Gasteiger partial charge in [0.1, 0.15) is 17.3 Å². The van der Waals surface area contributed by atoms with Gasteiger partial charge in [-0.25, -0.2) is 9.37 Å². The van der Waals surface area contributed by atoms with E-state index in [0.29, 0.717) is 12.5 Å². The Kier molecular flexibility index (Phi) is 4.56. The van der Waals surface area contributed by atoms with E-state index in [1.807, 2.05) is 6.92 Å². The first kappa shape index (κ1) is 15.8. The van der Waals surface area contributed by atoms with Crippen LogP contribution in [0.4, 0.5) is 17.6 Å². The fourth-order valence-corrected chi connectivity index (χ4v) is 2.02. The second-order valence-electron chi connectivity index (χ2n) is 4.46. The van der Waals surface area contributed by atoms with Gasteiger partial charge in [0.25, 0.3) is 0 Å². The predicted octanol–water partition coefficient (Wildman–Crippen LogP) is 5.23. The molecule has 0 radical (unpaired) electrons. The highest BCUT2D eigenvalue weighted by Gasteiger charge is 2.34. The van der Waals surface area contributed by atoms with Gasteiger partial charge >= 0.3 is 6.18 Å². The van der Waals surface area contributed by atoms with E-state index in [9.17, 15) is 17.6 Å². The van der Waals surface area contributed by atoms with E-state index in [2.05, 4.69) is 4.98 Å². The number of alkyl halides is 3. The largest absolute Gasteiger partial charge is 0.493 e. The normalized spacial score (nSPS) is 11.9. The van der Waals surface area contributed by atoms with Crippen molar-refractivity contribution < 1.29 is 22.3 Å². The molecule has 0 spiro atoms. The first-order valence-electron chi connectivity index (χ1n) is 6.33. The Morgan fingerprint density at radius 1 is 1.29 bits per heavy atom. The summed E-state index contributed by atoms with van der Waals surface area (Å²) in [5, 5.41) is -0.190. The van der Waals surface area contributed by atoms with Crippen LogP contribution in [-0.4, -0.2) is 11.6 Å². The molecule has 0 fully saturated rings. The lowest BCUT2D eigenvalue weighted by Gasteiger charge is -2.14. The van der Waals surface area contributed by atoms with E-state index in [4.69, 9.17) is 16.3 Å². The molecule has 1 aromatic carbocycles. The smallest absolute Gasteiger partial charge is 0.433 e. The Hall–Kier alpha value is -1.56. The topological polar surface area (TPSA) is 22.1 Å². The second-order valence-corrected chi connectivity index (χ2v) is 4.87. The summed E-state index contributed by atoms with van der Waals surface area (Å²) in [6.07, 6.45) is -3.21. The summed E-state index contributed by atoms with van der Waals surface area (Å²) in [5.74, 6) is -0.914. The van der Waals surface area contributed by atoms with Gasteiger partial charge in [0.15, 0.2) is 0 Å².